The molecule has 0 unspecified atom stereocenters. The van der Waals surface area contributed by atoms with Crippen LogP contribution < -0.4 is 0 Å². The van der Waals surface area contributed by atoms with Crippen LogP contribution in [0.2, 0.25) is 0 Å². The van der Waals surface area contributed by atoms with E-state index in [9.17, 15) is 34.8 Å². The Bertz CT molecular complexity index is 935. The zero-order chi connectivity index (χ0) is 18.9. The molecule has 0 aliphatic rings. The molecule has 24 heavy (non-hydrogen) atoms. The minimum absolute atomic E-state index is 0.354. The number of benzene rings is 1. The van der Waals surface area contributed by atoms with Gasteiger partial charge < -0.3 is 8.37 Å². The highest BCUT2D eigenvalue weighted by Gasteiger charge is 2.24. The molecular weight excluding hydrogens is 400 g/mol. The predicted octanol–water partition coefficient (Wildman–Crippen LogP) is -1.15. The van der Waals surface area contributed by atoms with Crippen LogP contribution in [0.25, 0.3) is 0 Å². The van der Waals surface area contributed by atoms with E-state index in [1.54, 1.807) is 0 Å². The van der Waals surface area contributed by atoms with E-state index in [0.717, 1.165) is 0 Å². The van der Waals surface area contributed by atoms with Gasteiger partial charge in [-0.05, 0) is 18.2 Å². The average molecular weight is 406 g/mol. The standard InChI is InChI=1S/C8H6O13S3/c9-7(20-23(14,15)16)4-1-5(8(10)21-24(17,18)19)3-6(2-4)22(11,12)13/h1-3H,(H,11,12,13)(H,14,15,16)(H,17,18,19). The minimum Gasteiger partial charge on any atom is -0.320 e. The van der Waals surface area contributed by atoms with Crippen LogP contribution in [-0.4, -0.2) is 50.9 Å². The van der Waals surface area contributed by atoms with Crippen LogP contribution in [0.15, 0.2) is 23.1 Å². The van der Waals surface area contributed by atoms with Gasteiger partial charge in [-0.15, -0.1) is 0 Å². The van der Waals surface area contributed by atoms with Gasteiger partial charge in [0.1, 0.15) is 0 Å². The molecule has 13 nitrogen and oxygen atoms in total. The van der Waals surface area contributed by atoms with E-state index >= 15 is 0 Å². The molecule has 3 N–H and O–H groups in total. The molecule has 0 aliphatic carbocycles. The summed E-state index contributed by atoms with van der Waals surface area (Å²) in [7, 11) is -15.6. The smallest absolute Gasteiger partial charge is 0.320 e. The highest BCUT2D eigenvalue weighted by atomic mass is 32.3. The van der Waals surface area contributed by atoms with Gasteiger partial charge in [-0.25, -0.2) is 9.59 Å². The summed E-state index contributed by atoms with van der Waals surface area (Å²) in [5.41, 5.74) is -1.99. The SMILES string of the molecule is O=C(OS(=O)(=O)O)c1cc(C(=O)OS(=O)(=O)O)cc(S(=O)(=O)O)c1. The molecule has 0 saturated carbocycles. The third-order valence-electron chi connectivity index (χ3n) is 2.04. The first-order valence-electron chi connectivity index (χ1n) is 5.13. The van der Waals surface area contributed by atoms with Crippen molar-refractivity contribution < 1.29 is 56.9 Å². The monoisotopic (exact) mass is 406 g/mol. The Morgan fingerprint density at radius 2 is 1.04 bits per heavy atom. The van der Waals surface area contributed by atoms with Crippen LogP contribution in [-0.2, 0) is 39.3 Å². The maximum atomic E-state index is 11.4. The number of hydrogen-bond donors (Lipinski definition) is 3. The molecule has 1 aromatic rings. The summed E-state index contributed by atoms with van der Waals surface area (Å²) in [6.45, 7) is 0. The maximum absolute atomic E-state index is 11.4. The molecule has 0 fully saturated rings. The summed E-state index contributed by atoms with van der Waals surface area (Å²) < 4.78 is 96.6. The summed E-state index contributed by atoms with van der Waals surface area (Å²) >= 11 is 0. The first kappa shape index (κ1) is 19.9. The molecule has 0 aromatic heterocycles. The topological polar surface area (TPSA) is 216 Å². The Morgan fingerprint density at radius 1 is 0.708 bits per heavy atom. The molecular formula is C8H6O13S3. The van der Waals surface area contributed by atoms with Crippen LogP contribution >= 0.6 is 0 Å². The van der Waals surface area contributed by atoms with Crippen molar-refractivity contribution in [1.29, 1.82) is 0 Å². The molecule has 0 heterocycles. The lowest BCUT2D eigenvalue weighted by Gasteiger charge is -2.06. The summed E-state index contributed by atoms with van der Waals surface area (Å²) in [4.78, 5) is 21.7. The number of hydrogen-bond acceptors (Lipinski definition) is 10. The van der Waals surface area contributed by atoms with E-state index in [4.69, 9.17) is 13.7 Å². The minimum atomic E-state index is -5.30. The van der Waals surface area contributed by atoms with Crippen LogP contribution in [0.4, 0.5) is 0 Å². The van der Waals surface area contributed by atoms with E-state index in [0.29, 0.717) is 18.2 Å². The lowest BCUT2D eigenvalue weighted by molar-refractivity contribution is 0.0723. The van der Waals surface area contributed by atoms with Crippen LogP contribution in [0.3, 0.4) is 0 Å². The Hall–Kier alpha value is -2.11. The van der Waals surface area contributed by atoms with E-state index in [1.165, 1.54) is 0 Å². The zero-order valence-electron chi connectivity index (χ0n) is 10.9. The quantitative estimate of drug-likeness (QED) is 0.493. The Kier molecular flexibility index (Phi) is 5.33. The first-order valence-corrected chi connectivity index (χ1v) is 9.30. The van der Waals surface area contributed by atoms with E-state index in [2.05, 4.69) is 8.37 Å². The highest BCUT2D eigenvalue weighted by Crippen LogP contribution is 2.18. The second-order valence-electron chi connectivity index (χ2n) is 3.82. The number of carbonyl (C=O) groups is 2. The lowest BCUT2D eigenvalue weighted by atomic mass is 10.1. The van der Waals surface area contributed by atoms with Gasteiger partial charge in [-0.1, -0.05) is 0 Å². The fourth-order valence-electron chi connectivity index (χ4n) is 1.27. The van der Waals surface area contributed by atoms with Gasteiger partial charge in [0.15, 0.2) is 0 Å². The van der Waals surface area contributed by atoms with E-state index in [1.807, 2.05) is 0 Å². The fraction of sp³-hybridized carbons (Fsp3) is 0. The predicted molar refractivity (Wildman–Crippen MR) is 70.2 cm³/mol. The van der Waals surface area contributed by atoms with Crippen molar-refractivity contribution in [2.75, 3.05) is 0 Å². The third kappa shape index (κ3) is 6.18. The zero-order valence-corrected chi connectivity index (χ0v) is 13.3. The highest BCUT2D eigenvalue weighted by molar-refractivity contribution is 7.85. The van der Waals surface area contributed by atoms with Crippen molar-refractivity contribution in [1.82, 2.24) is 0 Å². The summed E-state index contributed by atoms with van der Waals surface area (Å²) in [5.74, 6) is -3.74. The average Bonchev–Trinajstić information content (AvgIpc) is 2.33. The second-order valence-corrected chi connectivity index (χ2v) is 7.28. The Morgan fingerprint density at radius 3 is 1.29 bits per heavy atom. The number of rotatable bonds is 5. The molecule has 0 aliphatic heterocycles. The fourth-order valence-corrected chi connectivity index (χ4v) is 2.40. The van der Waals surface area contributed by atoms with Gasteiger partial charge in [0.25, 0.3) is 10.1 Å². The molecule has 1 rings (SSSR count). The van der Waals surface area contributed by atoms with Crippen LogP contribution in [0.1, 0.15) is 20.7 Å². The maximum Gasteiger partial charge on any atom is 0.449 e. The normalized spacial score (nSPS) is 12.5. The van der Waals surface area contributed by atoms with Gasteiger partial charge in [0.05, 0.1) is 16.0 Å². The Labute approximate surface area is 134 Å². The molecule has 0 spiro atoms. The second kappa shape index (κ2) is 6.42. The molecule has 16 heteroatoms. The molecule has 0 amide bonds. The van der Waals surface area contributed by atoms with Gasteiger partial charge >= 0.3 is 32.7 Å². The van der Waals surface area contributed by atoms with E-state index in [-0.39, 0.29) is 0 Å². The van der Waals surface area contributed by atoms with Crippen molar-refractivity contribution in [3.8, 4) is 0 Å². The van der Waals surface area contributed by atoms with Crippen molar-refractivity contribution in [2.45, 2.75) is 4.90 Å². The molecule has 134 valence electrons. The molecule has 0 atom stereocenters. The molecule has 0 bridgehead atoms. The third-order valence-corrected chi connectivity index (χ3v) is 3.59. The van der Waals surface area contributed by atoms with Crippen molar-refractivity contribution in [3.63, 3.8) is 0 Å². The number of carbonyl (C=O) groups excluding carboxylic acids is 2. The van der Waals surface area contributed by atoms with Gasteiger partial charge in [0.2, 0.25) is 0 Å². The van der Waals surface area contributed by atoms with Crippen molar-refractivity contribution in [2.24, 2.45) is 0 Å². The molecule has 0 saturated heterocycles. The molecule has 0 radical (unpaired) electrons. The van der Waals surface area contributed by atoms with Crippen molar-refractivity contribution in [3.05, 3.63) is 29.3 Å². The molecule has 1 aromatic carbocycles. The van der Waals surface area contributed by atoms with Gasteiger partial charge in [-0.3, -0.25) is 13.7 Å². The lowest BCUT2D eigenvalue weighted by Crippen LogP contribution is -2.16. The summed E-state index contributed by atoms with van der Waals surface area (Å²) in [6.07, 6.45) is 0. The first-order chi connectivity index (χ1) is 10.6. The van der Waals surface area contributed by atoms with E-state index < -0.39 is 58.9 Å². The Balaban J connectivity index is 3.49. The van der Waals surface area contributed by atoms with Crippen LogP contribution in [0.5, 0.6) is 0 Å². The largest absolute Gasteiger partial charge is 0.449 e. The van der Waals surface area contributed by atoms with Gasteiger partial charge in [0, 0.05) is 0 Å². The summed E-state index contributed by atoms with van der Waals surface area (Å²) in [5, 5.41) is 0. The summed E-state index contributed by atoms with van der Waals surface area (Å²) in [6, 6.07) is 1.12. The van der Waals surface area contributed by atoms with Gasteiger partial charge in [-0.2, -0.15) is 25.3 Å². The van der Waals surface area contributed by atoms with Crippen molar-refractivity contribution >= 4 is 42.9 Å². The van der Waals surface area contributed by atoms with Crippen LogP contribution in [0, 0.1) is 0 Å².